The zero-order chi connectivity index (χ0) is 15.6. The van der Waals surface area contributed by atoms with Crippen molar-refractivity contribution in [2.45, 2.75) is 84.3 Å². The monoisotopic (exact) mass is 294 g/mol. The number of nitrogens with zero attached hydrogens (tertiary/aromatic N) is 1. The Morgan fingerprint density at radius 2 is 1.81 bits per heavy atom. The molecule has 0 bridgehead atoms. The SMILES string of the molecule is CCC(C(C)C)N1C(=O)C(C2CCCCC2)NC(=O)C1C. The number of hydrogen-bond donors (Lipinski definition) is 1. The predicted molar refractivity (Wildman–Crippen MR) is 83.7 cm³/mol. The molecule has 0 aromatic heterocycles. The van der Waals surface area contributed by atoms with E-state index in [9.17, 15) is 9.59 Å². The van der Waals surface area contributed by atoms with Gasteiger partial charge >= 0.3 is 0 Å². The van der Waals surface area contributed by atoms with Gasteiger partial charge in [-0.3, -0.25) is 9.59 Å². The van der Waals surface area contributed by atoms with Gasteiger partial charge in [-0.15, -0.1) is 0 Å². The molecule has 2 amide bonds. The van der Waals surface area contributed by atoms with Gasteiger partial charge in [-0.1, -0.05) is 40.0 Å². The number of piperazine rings is 1. The number of rotatable bonds is 4. The van der Waals surface area contributed by atoms with Crippen LogP contribution in [0.15, 0.2) is 0 Å². The van der Waals surface area contributed by atoms with Crippen LogP contribution in [0.2, 0.25) is 0 Å². The fourth-order valence-corrected chi connectivity index (χ4v) is 4.04. The number of nitrogens with one attached hydrogen (secondary N) is 1. The second kappa shape index (κ2) is 6.80. The summed E-state index contributed by atoms with van der Waals surface area (Å²) < 4.78 is 0. The molecule has 0 radical (unpaired) electrons. The molecule has 120 valence electrons. The minimum atomic E-state index is -0.343. The number of hydrogen-bond acceptors (Lipinski definition) is 2. The molecule has 21 heavy (non-hydrogen) atoms. The molecule has 1 heterocycles. The molecule has 2 rings (SSSR count). The average Bonchev–Trinajstić information content (AvgIpc) is 2.47. The van der Waals surface area contributed by atoms with Crippen LogP contribution in [-0.4, -0.2) is 34.8 Å². The van der Waals surface area contributed by atoms with Gasteiger partial charge in [-0.2, -0.15) is 0 Å². The molecule has 3 atom stereocenters. The van der Waals surface area contributed by atoms with E-state index in [0.717, 1.165) is 19.3 Å². The minimum absolute atomic E-state index is 0.0178. The Hall–Kier alpha value is -1.06. The molecule has 4 nitrogen and oxygen atoms in total. The van der Waals surface area contributed by atoms with Gasteiger partial charge in [0.15, 0.2) is 0 Å². The Morgan fingerprint density at radius 3 is 2.33 bits per heavy atom. The van der Waals surface area contributed by atoms with Gasteiger partial charge in [0.25, 0.3) is 0 Å². The lowest BCUT2D eigenvalue weighted by molar-refractivity contribution is -0.154. The zero-order valence-electron chi connectivity index (χ0n) is 13.9. The van der Waals surface area contributed by atoms with E-state index in [1.54, 1.807) is 0 Å². The summed E-state index contributed by atoms with van der Waals surface area (Å²) >= 11 is 0. The third-order valence-electron chi connectivity index (χ3n) is 5.28. The van der Waals surface area contributed by atoms with Crippen LogP contribution in [0.25, 0.3) is 0 Å². The summed E-state index contributed by atoms with van der Waals surface area (Å²) in [5.41, 5.74) is 0. The molecule has 2 fully saturated rings. The third kappa shape index (κ3) is 3.24. The first-order valence-corrected chi connectivity index (χ1v) is 8.59. The standard InChI is InChI=1S/C17H30N2O2/c1-5-14(11(2)3)19-12(4)16(20)18-15(17(19)21)13-9-7-6-8-10-13/h11-15H,5-10H2,1-4H3,(H,18,20). The second-order valence-electron chi connectivity index (χ2n) is 7.03. The van der Waals surface area contributed by atoms with E-state index in [2.05, 4.69) is 26.1 Å². The first kappa shape index (κ1) is 16.3. The van der Waals surface area contributed by atoms with Crippen molar-refractivity contribution in [3.05, 3.63) is 0 Å². The van der Waals surface area contributed by atoms with Crippen LogP contribution >= 0.6 is 0 Å². The smallest absolute Gasteiger partial charge is 0.246 e. The highest BCUT2D eigenvalue weighted by molar-refractivity contribution is 5.97. The maximum atomic E-state index is 13.0. The van der Waals surface area contributed by atoms with E-state index >= 15 is 0 Å². The average molecular weight is 294 g/mol. The quantitative estimate of drug-likeness (QED) is 0.866. The summed E-state index contributed by atoms with van der Waals surface area (Å²) in [7, 11) is 0. The Balaban J connectivity index is 2.22. The topological polar surface area (TPSA) is 49.4 Å². The Labute approximate surface area is 128 Å². The molecular weight excluding hydrogens is 264 g/mol. The normalized spacial score (nSPS) is 29.7. The molecule has 1 aliphatic carbocycles. The summed E-state index contributed by atoms with van der Waals surface area (Å²) in [6, 6.07) is -0.476. The summed E-state index contributed by atoms with van der Waals surface area (Å²) in [6.45, 7) is 8.23. The van der Waals surface area contributed by atoms with Crippen molar-refractivity contribution in [3.8, 4) is 0 Å². The lowest BCUT2D eigenvalue weighted by atomic mass is 9.81. The van der Waals surface area contributed by atoms with Crippen molar-refractivity contribution in [3.63, 3.8) is 0 Å². The van der Waals surface area contributed by atoms with Crippen LogP contribution in [0.5, 0.6) is 0 Å². The van der Waals surface area contributed by atoms with Crippen molar-refractivity contribution in [1.29, 1.82) is 0 Å². The first-order chi connectivity index (χ1) is 9.97. The highest BCUT2D eigenvalue weighted by atomic mass is 16.2. The van der Waals surface area contributed by atoms with E-state index in [0.29, 0.717) is 11.8 Å². The van der Waals surface area contributed by atoms with Crippen molar-refractivity contribution >= 4 is 11.8 Å². The molecule has 1 N–H and O–H groups in total. The van der Waals surface area contributed by atoms with E-state index < -0.39 is 0 Å². The summed E-state index contributed by atoms with van der Waals surface area (Å²) in [5.74, 6) is 0.869. The Morgan fingerprint density at radius 1 is 1.19 bits per heavy atom. The molecule has 3 unspecified atom stereocenters. The maximum Gasteiger partial charge on any atom is 0.246 e. The third-order valence-corrected chi connectivity index (χ3v) is 5.28. The van der Waals surface area contributed by atoms with Crippen LogP contribution in [0.1, 0.15) is 66.2 Å². The van der Waals surface area contributed by atoms with Gasteiger partial charge < -0.3 is 10.2 Å². The lowest BCUT2D eigenvalue weighted by Crippen LogP contribution is -2.67. The molecule has 1 saturated heterocycles. The number of carbonyl (C=O) groups excluding carboxylic acids is 2. The largest absolute Gasteiger partial charge is 0.342 e. The molecule has 0 spiro atoms. The van der Waals surface area contributed by atoms with Crippen molar-refractivity contribution in [2.24, 2.45) is 11.8 Å². The predicted octanol–water partition coefficient (Wildman–Crippen LogP) is 2.72. The molecule has 1 saturated carbocycles. The fraction of sp³-hybridized carbons (Fsp3) is 0.882. The Bertz CT molecular complexity index is 388. The van der Waals surface area contributed by atoms with Gasteiger partial charge in [0.1, 0.15) is 12.1 Å². The highest BCUT2D eigenvalue weighted by Gasteiger charge is 2.44. The van der Waals surface area contributed by atoms with Crippen molar-refractivity contribution in [2.75, 3.05) is 0 Å². The summed E-state index contributed by atoms with van der Waals surface area (Å²) in [6.07, 6.45) is 6.66. The van der Waals surface area contributed by atoms with Crippen molar-refractivity contribution < 1.29 is 9.59 Å². The van der Waals surface area contributed by atoms with Gasteiger partial charge in [0.05, 0.1) is 0 Å². The molecule has 2 aliphatic rings. The van der Waals surface area contributed by atoms with E-state index in [1.807, 2.05) is 11.8 Å². The second-order valence-corrected chi connectivity index (χ2v) is 7.03. The zero-order valence-corrected chi connectivity index (χ0v) is 13.9. The summed E-state index contributed by atoms with van der Waals surface area (Å²) in [4.78, 5) is 27.2. The fourth-order valence-electron chi connectivity index (χ4n) is 4.04. The number of amides is 2. The van der Waals surface area contributed by atoms with Gasteiger partial charge in [0, 0.05) is 6.04 Å². The van der Waals surface area contributed by atoms with Crippen LogP contribution in [-0.2, 0) is 9.59 Å². The first-order valence-electron chi connectivity index (χ1n) is 8.59. The number of carbonyl (C=O) groups is 2. The van der Waals surface area contributed by atoms with Crippen LogP contribution in [0.4, 0.5) is 0 Å². The highest BCUT2D eigenvalue weighted by Crippen LogP contribution is 2.31. The minimum Gasteiger partial charge on any atom is -0.342 e. The van der Waals surface area contributed by atoms with Gasteiger partial charge in [-0.05, 0) is 38.0 Å². The van der Waals surface area contributed by atoms with Crippen LogP contribution in [0, 0.1) is 11.8 Å². The van der Waals surface area contributed by atoms with E-state index in [-0.39, 0.29) is 29.9 Å². The Kier molecular flexibility index (Phi) is 5.28. The molecule has 1 aliphatic heterocycles. The summed E-state index contributed by atoms with van der Waals surface area (Å²) in [5, 5.41) is 3.00. The molecule has 4 heteroatoms. The van der Waals surface area contributed by atoms with Gasteiger partial charge in [0.2, 0.25) is 11.8 Å². The van der Waals surface area contributed by atoms with Crippen molar-refractivity contribution in [1.82, 2.24) is 10.2 Å². The van der Waals surface area contributed by atoms with E-state index in [4.69, 9.17) is 0 Å². The van der Waals surface area contributed by atoms with Gasteiger partial charge in [-0.25, -0.2) is 0 Å². The van der Waals surface area contributed by atoms with E-state index in [1.165, 1.54) is 19.3 Å². The molecular formula is C17H30N2O2. The lowest BCUT2D eigenvalue weighted by Gasteiger charge is -2.45. The van der Waals surface area contributed by atoms with Crippen LogP contribution in [0.3, 0.4) is 0 Å². The van der Waals surface area contributed by atoms with Crippen LogP contribution < -0.4 is 5.32 Å². The molecule has 0 aromatic rings. The molecule has 0 aromatic carbocycles. The maximum absolute atomic E-state index is 13.0.